The zero-order valence-corrected chi connectivity index (χ0v) is 16.8. The fourth-order valence-corrected chi connectivity index (χ4v) is 4.22. The van der Waals surface area contributed by atoms with Crippen LogP contribution in [0.1, 0.15) is 12.6 Å². The van der Waals surface area contributed by atoms with Crippen LogP contribution in [0, 0.1) is 0 Å². The maximum Gasteiger partial charge on any atom is 0.204 e. The van der Waals surface area contributed by atoms with Crippen molar-refractivity contribution in [2.45, 2.75) is 13.5 Å². The molecule has 4 rings (SSSR count). The molecule has 3 aromatic carbocycles. The number of fused-ring (bicyclic) bond motifs is 2. The Morgan fingerprint density at radius 1 is 0.893 bits per heavy atom. The zero-order chi connectivity index (χ0) is 19.3. The Labute approximate surface area is 165 Å². The third kappa shape index (κ3) is 4.00. The summed E-state index contributed by atoms with van der Waals surface area (Å²) in [6.07, 6.45) is 0.364. The van der Waals surface area contributed by atoms with Crippen molar-refractivity contribution >= 4 is 29.7 Å². The van der Waals surface area contributed by atoms with Crippen molar-refractivity contribution in [3.8, 4) is 11.1 Å². The number of aromatic nitrogens is 1. The smallest absolute Gasteiger partial charge is 0.204 e. The molecule has 1 heterocycles. The number of pyridine rings is 1. The van der Waals surface area contributed by atoms with Gasteiger partial charge in [-0.2, -0.15) is 0 Å². The molecule has 1 unspecified atom stereocenters. The summed E-state index contributed by atoms with van der Waals surface area (Å²) in [6, 6.07) is 25.2. The van der Waals surface area contributed by atoms with Crippen molar-refractivity contribution in [3.05, 3.63) is 78.5 Å². The highest BCUT2D eigenvalue weighted by molar-refractivity contribution is 7.39. The first-order chi connectivity index (χ1) is 13.8. The highest BCUT2D eigenvalue weighted by Crippen LogP contribution is 2.33. The number of benzene rings is 3. The maximum absolute atomic E-state index is 11.7. The van der Waals surface area contributed by atoms with Gasteiger partial charge in [0.1, 0.15) is 0 Å². The lowest BCUT2D eigenvalue weighted by Gasteiger charge is -2.11. The Balaban J connectivity index is 1.70. The molecule has 0 fully saturated rings. The average molecular weight is 390 g/mol. The van der Waals surface area contributed by atoms with Crippen molar-refractivity contribution in [1.82, 2.24) is 10.3 Å². The molecule has 0 aliphatic heterocycles. The molecule has 0 saturated carbocycles. The third-order valence-electron chi connectivity index (χ3n) is 4.74. The molecule has 28 heavy (non-hydrogen) atoms. The minimum absolute atomic E-state index is 0.364. The molecule has 0 spiro atoms. The summed E-state index contributed by atoms with van der Waals surface area (Å²) in [5, 5.41) is 6.73. The Hall–Kier alpha value is -2.52. The Bertz CT molecular complexity index is 1140. The summed E-state index contributed by atoms with van der Waals surface area (Å²) >= 11 is 0. The van der Waals surface area contributed by atoms with Gasteiger partial charge in [0, 0.05) is 17.5 Å². The molecule has 0 radical (unpaired) electrons. The third-order valence-corrected chi connectivity index (χ3v) is 5.89. The maximum atomic E-state index is 11.7. The molecule has 0 bridgehead atoms. The van der Waals surface area contributed by atoms with E-state index in [1.54, 1.807) is 0 Å². The minimum Gasteiger partial charge on any atom is -0.330 e. The van der Waals surface area contributed by atoms with Gasteiger partial charge in [-0.1, -0.05) is 66.7 Å². The van der Waals surface area contributed by atoms with Gasteiger partial charge in [-0.25, -0.2) is 0 Å². The molecule has 142 valence electrons. The van der Waals surface area contributed by atoms with E-state index in [0.717, 1.165) is 22.2 Å². The zero-order valence-electron chi connectivity index (χ0n) is 15.8. The van der Waals surface area contributed by atoms with Crippen LogP contribution >= 0.6 is 8.03 Å². The van der Waals surface area contributed by atoms with Crippen LogP contribution in [-0.4, -0.2) is 17.9 Å². The van der Waals surface area contributed by atoms with Crippen LogP contribution < -0.4 is 5.32 Å². The van der Waals surface area contributed by atoms with Crippen molar-refractivity contribution in [1.29, 1.82) is 0 Å². The Morgan fingerprint density at radius 2 is 1.64 bits per heavy atom. The minimum atomic E-state index is -2.02. The van der Waals surface area contributed by atoms with Gasteiger partial charge in [0.05, 0.1) is 24.1 Å². The first-order valence-corrected chi connectivity index (χ1v) is 11.0. The van der Waals surface area contributed by atoms with E-state index in [2.05, 4.69) is 72.0 Å². The number of nitrogens with one attached hydrogen (secondary N) is 1. The summed E-state index contributed by atoms with van der Waals surface area (Å²) in [7, 11) is -2.02. The molecular formula is C23H23N2O2P. The van der Waals surface area contributed by atoms with Gasteiger partial charge in [-0.05, 0) is 29.3 Å². The van der Waals surface area contributed by atoms with E-state index < -0.39 is 8.03 Å². The van der Waals surface area contributed by atoms with Gasteiger partial charge in [-0.15, -0.1) is 0 Å². The van der Waals surface area contributed by atoms with E-state index in [9.17, 15) is 4.57 Å². The normalized spacial score (nSPS) is 12.5. The number of hydrogen-bond acceptors (Lipinski definition) is 4. The second kappa shape index (κ2) is 8.66. The average Bonchev–Trinajstić information content (AvgIpc) is 2.73. The largest absolute Gasteiger partial charge is 0.330 e. The Morgan fingerprint density at radius 3 is 2.50 bits per heavy atom. The van der Waals surface area contributed by atoms with Gasteiger partial charge in [0.2, 0.25) is 8.03 Å². The molecule has 1 N–H and O–H groups in total. The van der Waals surface area contributed by atoms with E-state index in [-0.39, 0.29) is 0 Å². The predicted molar refractivity (Wildman–Crippen MR) is 117 cm³/mol. The van der Waals surface area contributed by atoms with Gasteiger partial charge < -0.3 is 9.84 Å². The topological polar surface area (TPSA) is 51.2 Å². The fourth-order valence-electron chi connectivity index (χ4n) is 3.47. The molecule has 5 heteroatoms. The summed E-state index contributed by atoms with van der Waals surface area (Å²) in [5.74, 6) is 0. The predicted octanol–water partition coefficient (Wildman–Crippen LogP) is 5.61. The number of rotatable bonds is 7. The molecule has 0 aliphatic carbocycles. The summed E-state index contributed by atoms with van der Waals surface area (Å²) in [6.45, 7) is 2.88. The number of para-hydroxylation sites is 1. The van der Waals surface area contributed by atoms with Gasteiger partial charge in [0.25, 0.3) is 0 Å². The molecule has 1 aromatic heterocycles. The van der Waals surface area contributed by atoms with Crippen molar-refractivity contribution in [2.24, 2.45) is 0 Å². The quantitative estimate of drug-likeness (QED) is 0.417. The van der Waals surface area contributed by atoms with Crippen LogP contribution in [0.3, 0.4) is 0 Å². The molecule has 0 amide bonds. The SMILES string of the molecule is CCO[PH](=O)CNCc1ccc2cccc(-c3cccc4ccccc34)c2n1. The second-order valence-electron chi connectivity index (χ2n) is 6.62. The Kier molecular flexibility index (Phi) is 5.82. The van der Waals surface area contributed by atoms with Gasteiger partial charge in [0.15, 0.2) is 0 Å². The molecule has 0 aliphatic rings. The summed E-state index contributed by atoms with van der Waals surface area (Å²) in [5.41, 5.74) is 4.21. The first kappa shape index (κ1) is 18.8. The van der Waals surface area contributed by atoms with Gasteiger partial charge >= 0.3 is 0 Å². The lowest BCUT2D eigenvalue weighted by Crippen LogP contribution is -2.13. The van der Waals surface area contributed by atoms with Crippen molar-refractivity contribution in [2.75, 3.05) is 12.9 Å². The molecular weight excluding hydrogens is 367 g/mol. The lowest BCUT2D eigenvalue weighted by atomic mass is 9.96. The number of hydrogen-bond donors (Lipinski definition) is 1. The highest BCUT2D eigenvalue weighted by atomic mass is 31.1. The monoisotopic (exact) mass is 390 g/mol. The molecule has 4 aromatic rings. The number of nitrogens with zero attached hydrogens (tertiary/aromatic N) is 1. The first-order valence-electron chi connectivity index (χ1n) is 9.49. The molecule has 1 atom stereocenters. The van der Waals surface area contributed by atoms with E-state index in [4.69, 9.17) is 9.51 Å². The van der Waals surface area contributed by atoms with Crippen LogP contribution in [0.15, 0.2) is 72.8 Å². The van der Waals surface area contributed by atoms with Crippen LogP contribution in [0.5, 0.6) is 0 Å². The highest BCUT2D eigenvalue weighted by Gasteiger charge is 2.09. The standard InChI is InChI=1S/C23H23N2O2P/c1-2-27-28(26)16-24-15-19-14-13-18-9-6-12-22(23(18)25-19)21-11-5-8-17-7-3-4-10-20(17)21/h3-14,24,28H,2,15-16H2,1H3. The lowest BCUT2D eigenvalue weighted by molar-refractivity contribution is 0.348. The van der Waals surface area contributed by atoms with Crippen molar-refractivity contribution in [3.63, 3.8) is 0 Å². The van der Waals surface area contributed by atoms with Crippen LogP contribution in [0.4, 0.5) is 0 Å². The van der Waals surface area contributed by atoms with E-state index in [0.29, 0.717) is 19.4 Å². The fraction of sp³-hybridized carbons (Fsp3) is 0.174. The van der Waals surface area contributed by atoms with E-state index >= 15 is 0 Å². The summed E-state index contributed by atoms with van der Waals surface area (Å²) in [4.78, 5) is 4.91. The molecule has 4 nitrogen and oxygen atoms in total. The van der Waals surface area contributed by atoms with Gasteiger partial charge in [-0.3, -0.25) is 9.55 Å². The second-order valence-corrected chi connectivity index (χ2v) is 8.00. The van der Waals surface area contributed by atoms with Crippen LogP contribution in [-0.2, 0) is 15.6 Å². The summed E-state index contributed by atoms with van der Waals surface area (Å²) < 4.78 is 16.8. The van der Waals surface area contributed by atoms with E-state index in [1.165, 1.54) is 16.3 Å². The van der Waals surface area contributed by atoms with E-state index in [1.807, 2.05) is 13.0 Å². The molecule has 0 saturated heterocycles. The van der Waals surface area contributed by atoms with Crippen LogP contribution in [0.25, 0.3) is 32.8 Å². The van der Waals surface area contributed by atoms with Crippen molar-refractivity contribution < 1.29 is 9.09 Å². The van der Waals surface area contributed by atoms with Crippen LogP contribution in [0.2, 0.25) is 0 Å².